The van der Waals surface area contributed by atoms with E-state index in [2.05, 4.69) is 12.2 Å². The number of halogens is 1. The van der Waals surface area contributed by atoms with Crippen molar-refractivity contribution in [3.63, 3.8) is 0 Å². The van der Waals surface area contributed by atoms with Crippen LogP contribution >= 0.6 is 11.8 Å². The molecule has 118 valence electrons. The molecule has 3 heteroatoms. The van der Waals surface area contributed by atoms with Gasteiger partial charge in [-0.15, -0.1) is 11.8 Å². The van der Waals surface area contributed by atoms with E-state index in [1.165, 1.54) is 51.0 Å². The SMILES string of the molecule is CCCNC(CSc1cccc(F)c1)C1CCCCCC1. The summed E-state index contributed by atoms with van der Waals surface area (Å²) in [5.41, 5.74) is 0. The lowest BCUT2D eigenvalue weighted by molar-refractivity contribution is 0.343. The molecule has 1 aliphatic carbocycles. The van der Waals surface area contributed by atoms with E-state index in [1.807, 2.05) is 6.07 Å². The molecule has 0 radical (unpaired) electrons. The largest absolute Gasteiger partial charge is 0.313 e. The minimum Gasteiger partial charge on any atom is -0.313 e. The van der Waals surface area contributed by atoms with Gasteiger partial charge in [0, 0.05) is 16.7 Å². The Morgan fingerprint density at radius 1 is 1.24 bits per heavy atom. The van der Waals surface area contributed by atoms with Gasteiger partial charge in [-0.05, 0) is 49.9 Å². The second-order valence-corrected chi connectivity index (χ2v) is 7.17. The molecule has 1 unspecified atom stereocenters. The van der Waals surface area contributed by atoms with Gasteiger partial charge in [-0.25, -0.2) is 4.39 Å². The number of rotatable bonds is 7. The van der Waals surface area contributed by atoms with Crippen LogP contribution in [0.4, 0.5) is 4.39 Å². The Morgan fingerprint density at radius 3 is 2.67 bits per heavy atom. The van der Waals surface area contributed by atoms with Gasteiger partial charge in [-0.1, -0.05) is 38.7 Å². The molecule has 1 aromatic carbocycles. The quantitative estimate of drug-likeness (QED) is 0.545. The highest BCUT2D eigenvalue weighted by atomic mass is 32.2. The number of hydrogen-bond acceptors (Lipinski definition) is 2. The average Bonchev–Trinajstić information content (AvgIpc) is 2.77. The highest BCUT2D eigenvalue weighted by Crippen LogP contribution is 2.29. The predicted octanol–water partition coefficient (Wildman–Crippen LogP) is 5.26. The first-order chi connectivity index (χ1) is 10.3. The van der Waals surface area contributed by atoms with Crippen molar-refractivity contribution >= 4 is 11.8 Å². The number of benzene rings is 1. The topological polar surface area (TPSA) is 12.0 Å². The van der Waals surface area contributed by atoms with Crippen molar-refractivity contribution in [2.24, 2.45) is 5.92 Å². The fraction of sp³-hybridized carbons (Fsp3) is 0.667. The summed E-state index contributed by atoms with van der Waals surface area (Å²) < 4.78 is 13.3. The molecule has 0 aliphatic heterocycles. The molecule has 0 heterocycles. The van der Waals surface area contributed by atoms with E-state index in [-0.39, 0.29) is 5.82 Å². The summed E-state index contributed by atoms with van der Waals surface area (Å²) in [6, 6.07) is 7.54. The normalized spacial score (nSPS) is 18.4. The van der Waals surface area contributed by atoms with Crippen LogP contribution in [0.3, 0.4) is 0 Å². The highest BCUT2D eigenvalue weighted by Gasteiger charge is 2.22. The smallest absolute Gasteiger partial charge is 0.124 e. The predicted molar refractivity (Wildman–Crippen MR) is 90.4 cm³/mol. The first kappa shape index (κ1) is 16.8. The number of thioether (sulfide) groups is 1. The molecule has 21 heavy (non-hydrogen) atoms. The highest BCUT2D eigenvalue weighted by molar-refractivity contribution is 7.99. The zero-order valence-electron chi connectivity index (χ0n) is 13.1. The molecule has 1 fully saturated rings. The lowest BCUT2D eigenvalue weighted by atomic mass is 9.93. The minimum atomic E-state index is -0.132. The zero-order valence-corrected chi connectivity index (χ0v) is 13.9. The van der Waals surface area contributed by atoms with Crippen molar-refractivity contribution < 1.29 is 4.39 Å². The molecule has 0 aromatic heterocycles. The van der Waals surface area contributed by atoms with Crippen LogP contribution in [0.1, 0.15) is 51.9 Å². The fourth-order valence-corrected chi connectivity index (χ4v) is 4.28. The van der Waals surface area contributed by atoms with Crippen molar-refractivity contribution in [2.45, 2.75) is 62.8 Å². The first-order valence-electron chi connectivity index (χ1n) is 8.41. The molecular weight excluding hydrogens is 281 g/mol. The van der Waals surface area contributed by atoms with Crippen molar-refractivity contribution in [3.8, 4) is 0 Å². The first-order valence-corrected chi connectivity index (χ1v) is 9.40. The van der Waals surface area contributed by atoms with Crippen molar-refractivity contribution in [2.75, 3.05) is 12.3 Å². The van der Waals surface area contributed by atoms with E-state index in [4.69, 9.17) is 0 Å². The van der Waals surface area contributed by atoms with Crippen LogP contribution in [0.5, 0.6) is 0 Å². The van der Waals surface area contributed by atoms with E-state index in [0.29, 0.717) is 6.04 Å². The summed E-state index contributed by atoms with van der Waals surface area (Å²) in [7, 11) is 0. The third-order valence-corrected chi connectivity index (χ3v) is 5.46. The average molecular weight is 309 g/mol. The van der Waals surface area contributed by atoms with Crippen molar-refractivity contribution in [1.29, 1.82) is 0 Å². The lowest BCUT2D eigenvalue weighted by Gasteiger charge is -2.27. The molecule has 1 atom stereocenters. The molecule has 1 nitrogen and oxygen atoms in total. The van der Waals surface area contributed by atoms with Crippen LogP contribution in [-0.4, -0.2) is 18.3 Å². The van der Waals surface area contributed by atoms with Gasteiger partial charge in [0.15, 0.2) is 0 Å². The van der Waals surface area contributed by atoms with Gasteiger partial charge < -0.3 is 5.32 Å². The van der Waals surface area contributed by atoms with Gasteiger partial charge in [-0.3, -0.25) is 0 Å². The van der Waals surface area contributed by atoms with Crippen LogP contribution in [0.25, 0.3) is 0 Å². The molecule has 2 rings (SSSR count). The molecule has 0 amide bonds. The van der Waals surface area contributed by atoms with Crippen LogP contribution in [0.15, 0.2) is 29.2 Å². The number of nitrogens with one attached hydrogen (secondary N) is 1. The second-order valence-electron chi connectivity index (χ2n) is 6.08. The molecule has 0 bridgehead atoms. The Bertz CT molecular complexity index is 402. The second kappa shape index (κ2) is 9.47. The van der Waals surface area contributed by atoms with Crippen LogP contribution < -0.4 is 5.32 Å². The zero-order chi connectivity index (χ0) is 14.9. The van der Waals surface area contributed by atoms with Crippen molar-refractivity contribution in [1.82, 2.24) is 5.32 Å². The maximum atomic E-state index is 13.3. The van der Waals surface area contributed by atoms with Gasteiger partial charge in [0.05, 0.1) is 0 Å². The Hall–Kier alpha value is -0.540. The molecular formula is C18H28FNS. The van der Waals surface area contributed by atoms with Crippen LogP contribution in [0.2, 0.25) is 0 Å². The molecule has 0 saturated heterocycles. The van der Waals surface area contributed by atoms with Crippen molar-refractivity contribution in [3.05, 3.63) is 30.1 Å². The lowest BCUT2D eigenvalue weighted by Crippen LogP contribution is -2.38. The molecule has 1 aromatic rings. The maximum absolute atomic E-state index is 13.3. The number of hydrogen-bond donors (Lipinski definition) is 1. The summed E-state index contributed by atoms with van der Waals surface area (Å²) in [6.45, 7) is 3.31. The maximum Gasteiger partial charge on any atom is 0.124 e. The fourth-order valence-electron chi connectivity index (χ4n) is 3.15. The Kier molecular flexibility index (Phi) is 7.59. The molecule has 1 N–H and O–H groups in total. The van der Waals surface area contributed by atoms with E-state index >= 15 is 0 Å². The Labute approximate surface area is 133 Å². The van der Waals surface area contributed by atoms with E-state index in [1.54, 1.807) is 23.9 Å². The molecule has 0 spiro atoms. The van der Waals surface area contributed by atoms with Gasteiger partial charge in [0.1, 0.15) is 5.82 Å². The van der Waals surface area contributed by atoms with Crippen LogP contribution in [-0.2, 0) is 0 Å². The van der Waals surface area contributed by atoms with E-state index < -0.39 is 0 Å². The summed E-state index contributed by atoms with van der Waals surface area (Å²) in [4.78, 5) is 1.05. The van der Waals surface area contributed by atoms with Gasteiger partial charge in [0.25, 0.3) is 0 Å². The monoisotopic (exact) mass is 309 g/mol. The van der Waals surface area contributed by atoms with Gasteiger partial charge in [0.2, 0.25) is 0 Å². The molecule has 1 aliphatic rings. The van der Waals surface area contributed by atoms with Gasteiger partial charge in [-0.2, -0.15) is 0 Å². The Balaban J connectivity index is 1.91. The standard InChI is InChI=1S/C18H28FNS/c1-2-12-20-18(15-8-5-3-4-6-9-15)14-21-17-11-7-10-16(19)13-17/h7,10-11,13,15,18,20H,2-6,8-9,12,14H2,1H3. The summed E-state index contributed by atoms with van der Waals surface area (Å²) >= 11 is 1.79. The minimum absolute atomic E-state index is 0.132. The Morgan fingerprint density at radius 2 is 2.00 bits per heavy atom. The summed E-state index contributed by atoms with van der Waals surface area (Å²) in [6.07, 6.45) is 9.42. The van der Waals surface area contributed by atoms with E-state index in [0.717, 1.165) is 23.1 Å². The molecule has 1 saturated carbocycles. The third-order valence-electron chi connectivity index (χ3n) is 4.35. The summed E-state index contributed by atoms with van der Waals surface area (Å²) in [5, 5.41) is 3.74. The van der Waals surface area contributed by atoms with Gasteiger partial charge >= 0.3 is 0 Å². The van der Waals surface area contributed by atoms with Crippen LogP contribution in [0, 0.1) is 11.7 Å². The summed E-state index contributed by atoms with van der Waals surface area (Å²) in [5.74, 6) is 1.71. The third kappa shape index (κ3) is 5.99. The van der Waals surface area contributed by atoms with E-state index in [9.17, 15) is 4.39 Å².